The van der Waals surface area contributed by atoms with Gasteiger partial charge in [-0.05, 0) is 18.2 Å². The largest absolute Gasteiger partial charge is 0.480 e. The zero-order chi connectivity index (χ0) is 20.7. The number of fused-ring (bicyclic) bond motifs is 2. The first-order valence-electron chi connectivity index (χ1n) is 9.79. The minimum Gasteiger partial charge on any atom is -0.480 e. The molecule has 154 valence electrons. The first-order chi connectivity index (χ1) is 14.6. The SMILES string of the molecule is COc1ncnc2ccc(N3CCN(Cc4nnc5c(=O)n(C)ccn45)CC3)cc12. The van der Waals surface area contributed by atoms with Crippen molar-refractivity contribution in [3.05, 3.63) is 53.1 Å². The molecule has 10 nitrogen and oxygen atoms in total. The van der Waals surface area contributed by atoms with E-state index in [1.807, 2.05) is 12.3 Å². The predicted molar refractivity (Wildman–Crippen MR) is 112 cm³/mol. The average Bonchev–Trinajstić information content (AvgIpc) is 3.19. The lowest BCUT2D eigenvalue weighted by Gasteiger charge is -2.35. The molecule has 1 saturated heterocycles. The molecule has 1 fully saturated rings. The monoisotopic (exact) mass is 406 g/mol. The summed E-state index contributed by atoms with van der Waals surface area (Å²) in [4.78, 5) is 25.4. The summed E-state index contributed by atoms with van der Waals surface area (Å²) < 4.78 is 8.67. The van der Waals surface area contributed by atoms with Crippen LogP contribution in [0.15, 0.2) is 41.7 Å². The third kappa shape index (κ3) is 3.14. The fourth-order valence-corrected chi connectivity index (χ4v) is 3.87. The van der Waals surface area contributed by atoms with Crippen LogP contribution in [-0.4, -0.2) is 67.3 Å². The summed E-state index contributed by atoms with van der Waals surface area (Å²) >= 11 is 0. The van der Waals surface area contributed by atoms with Crippen LogP contribution >= 0.6 is 0 Å². The van der Waals surface area contributed by atoms with Crippen molar-refractivity contribution >= 4 is 22.2 Å². The highest BCUT2D eigenvalue weighted by molar-refractivity contribution is 5.86. The summed E-state index contributed by atoms with van der Waals surface area (Å²) in [6.45, 7) is 4.21. The number of benzene rings is 1. The van der Waals surface area contributed by atoms with Crippen LogP contribution in [0.1, 0.15) is 5.82 Å². The molecule has 0 atom stereocenters. The number of hydrogen-bond donors (Lipinski definition) is 0. The summed E-state index contributed by atoms with van der Waals surface area (Å²) in [5, 5.41) is 9.22. The fraction of sp³-hybridized carbons (Fsp3) is 0.350. The van der Waals surface area contributed by atoms with Crippen LogP contribution in [0.3, 0.4) is 0 Å². The maximum atomic E-state index is 12.2. The quantitative estimate of drug-likeness (QED) is 0.489. The highest BCUT2D eigenvalue weighted by atomic mass is 16.5. The summed E-state index contributed by atoms with van der Waals surface area (Å²) in [5.74, 6) is 1.37. The second kappa shape index (κ2) is 7.38. The van der Waals surface area contributed by atoms with Gasteiger partial charge >= 0.3 is 0 Å². The van der Waals surface area contributed by atoms with Gasteiger partial charge < -0.3 is 14.2 Å². The van der Waals surface area contributed by atoms with Gasteiger partial charge in [0.1, 0.15) is 6.33 Å². The zero-order valence-corrected chi connectivity index (χ0v) is 16.9. The Hall–Kier alpha value is -3.53. The third-order valence-electron chi connectivity index (χ3n) is 5.60. The van der Waals surface area contributed by atoms with E-state index in [1.165, 1.54) is 10.9 Å². The van der Waals surface area contributed by atoms with Crippen molar-refractivity contribution in [2.24, 2.45) is 7.05 Å². The molecular weight excluding hydrogens is 384 g/mol. The van der Waals surface area contributed by atoms with Gasteiger partial charge in [-0.2, -0.15) is 0 Å². The fourth-order valence-electron chi connectivity index (χ4n) is 3.87. The van der Waals surface area contributed by atoms with Crippen LogP contribution in [0.2, 0.25) is 0 Å². The number of anilines is 1. The standard InChI is InChI=1S/C20H22N8O2/c1-25-5-10-28-17(23-24-18(28)20(25)29)12-26-6-8-27(9-7-26)14-3-4-16-15(11-14)19(30-2)22-13-21-16/h3-5,10-11,13H,6-9,12H2,1-2H3. The number of aryl methyl sites for hydroxylation is 1. The second-order valence-corrected chi connectivity index (χ2v) is 7.37. The molecule has 0 N–H and O–H groups in total. The van der Waals surface area contributed by atoms with Gasteiger partial charge in [-0.15, -0.1) is 10.2 Å². The molecule has 5 rings (SSSR count). The molecule has 1 aliphatic heterocycles. The van der Waals surface area contributed by atoms with Crippen molar-refractivity contribution in [1.82, 2.24) is 34.0 Å². The van der Waals surface area contributed by atoms with Crippen LogP contribution in [0, 0.1) is 0 Å². The van der Waals surface area contributed by atoms with E-state index in [-0.39, 0.29) is 5.56 Å². The van der Waals surface area contributed by atoms with Crippen LogP contribution in [0.5, 0.6) is 5.88 Å². The minimum absolute atomic E-state index is 0.142. The van der Waals surface area contributed by atoms with Gasteiger partial charge in [0.05, 0.1) is 24.6 Å². The van der Waals surface area contributed by atoms with Gasteiger partial charge in [-0.1, -0.05) is 0 Å². The molecular formula is C20H22N8O2. The number of methoxy groups -OCH3 is 1. The van der Waals surface area contributed by atoms with Crippen LogP contribution < -0.4 is 15.2 Å². The number of hydrogen-bond acceptors (Lipinski definition) is 8. The van der Waals surface area contributed by atoms with Crippen molar-refractivity contribution in [2.45, 2.75) is 6.54 Å². The Morgan fingerprint density at radius 2 is 1.90 bits per heavy atom. The molecule has 0 radical (unpaired) electrons. The maximum Gasteiger partial charge on any atom is 0.295 e. The molecule has 10 heteroatoms. The second-order valence-electron chi connectivity index (χ2n) is 7.37. The summed E-state index contributed by atoms with van der Waals surface area (Å²) in [5.41, 5.74) is 2.22. The van der Waals surface area contributed by atoms with E-state index >= 15 is 0 Å². The highest BCUT2D eigenvalue weighted by Crippen LogP contribution is 2.27. The molecule has 0 spiro atoms. The summed E-state index contributed by atoms with van der Waals surface area (Å²) in [6.07, 6.45) is 5.09. The lowest BCUT2D eigenvalue weighted by atomic mass is 10.2. The third-order valence-corrected chi connectivity index (χ3v) is 5.60. The molecule has 0 bridgehead atoms. The molecule has 4 heterocycles. The zero-order valence-electron chi connectivity index (χ0n) is 16.9. The van der Waals surface area contributed by atoms with Gasteiger partial charge in [0, 0.05) is 51.3 Å². The Balaban J connectivity index is 1.31. The van der Waals surface area contributed by atoms with E-state index in [0.717, 1.165) is 48.6 Å². The van der Waals surface area contributed by atoms with Crippen molar-refractivity contribution < 1.29 is 4.74 Å². The summed E-state index contributed by atoms with van der Waals surface area (Å²) in [7, 11) is 3.33. The highest BCUT2D eigenvalue weighted by Gasteiger charge is 2.20. The first-order valence-corrected chi connectivity index (χ1v) is 9.79. The van der Waals surface area contributed by atoms with Gasteiger partial charge in [0.15, 0.2) is 5.82 Å². The Kier molecular flexibility index (Phi) is 4.55. The lowest BCUT2D eigenvalue weighted by Crippen LogP contribution is -2.46. The molecule has 1 aliphatic rings. The molecule has 3 aromatic heterocycles. The molecule has 0 aliphatic carbocycles. The van der Waals surface area contributed by atoms with Crippen molar-refractivity contribution in [3.8, 4) is 5.88 Å². The van der Waals surface area contributed by atoms with Crippen molar-refractivity contribution in [1.29, 1.82) is 0 Å². The number of piperazine rings is 1. The smallest absolute Gasteiger partial charge is 0.295 e. The first kappa shape index (κ1) is 18.5. The number of aromatic nitrogens is 6. The van der Waals surface area contributed by atoms with Gasteiger partial charge in [0.25, 0.3) is 5.56 Å². The van der Waals surface area contributed by atoms with E-state index in [4.69, 9.17) is 4.74 Å². The number of ether oxygens (including phenoxy) is 1. The van der Waals surface area contributed by atoms with Gasteiger partial charge in [-0.25, -0.2) is 9.97 Å². The lowest BCUT2D eigenvalue weighted by molar-refractivity contribution is 0.243. The number of rotatable bonds is 4. The van der Waals surface area contributed by atoms with E-state index in [0.29, 0.717) is 18.1 Å². The predicted octanol–water partition coefficient (Wildman–Crippen LogP) is 0.702. The topological polar surface area (TPSA) is 93.7 Å². The Bertz CT molecular complexity index is 1270. The van der Waals surface area contributed by atoms with E-state index in [9.17, 15) is 4.79 Å². The maximum absolute atomic E-state index is 12.2. The van der Waals surface area contributed by atoms with Crippen molar-refractivity contribution in [2.75, 3.05) is 38.2 Å². The average molecular weight is 406 g/mol. The normalized spacial score (nSPS) is 15.2. The molecule has 0 amide bonds. The minimum atomic E-state index is -0.142. The van der Waals surface area contributed by atoms with Crippen LogP contribution in [0.25, 0.3) is 16.6 Å². The van der Waals surface area contributed by atoms with Gasteiger partial charge in [0.2, 0.25) is 11.5 Å². The van der Waals surface area contributed by atoms with Crippen LogP contribution in [0.4, 0.5) is 5.69 Å². The van der Waals surface area contributed by atoms with Crippen LogP contribution in [-0.2, 0) is 13.6 Å². The Morgan fingerprint density at radius 1 is 1.07 bits per heavy atom. The summed E-state index contributed by atoms with van der Waals surface area (Å²) in [6, 6.07) is 6.18. The van der Waals surface area contributed by atoms with Gasteiger partial charge in [-0.3, -0.25) is 14.1 Å². The molecule has 30 heavy (non-hydrogen) atoms. The molecule has 1 aromatic carbocycles. The Morgan fingerprint density at radius 3 is 2.70 bits per heavy atom. The van der Waals surface area contributed by atoms with E-state index in [2.05, 4.69) is 42.1 Å². The van der Waals surface area contributed by atoms with E-state index < -0.39 is 0 Å². The molecule has 4 aromatic rings. The molecule has 0 unspecified atom stereocenters. The van der Waals surface area contributed by atoms with Crippen molar-refractivity contribution in [3.63, 3.8) is 0 Å². The molecule has 0 saturated carbocycles. The Labute approximate surface area is 172 Å². The van der Waals surface area contributed by atoms with E-state index in [1.54, 1.807) is 24.8 Å². The number of nitrogens with zero attached hydrogens (tertiary/aromatic N) is 8.